The molecule has 0 saturated carbocycles. The van der Waals surface area contributed by atoms with Crippen LogP contribution in [0.4, 0.5) is 0 Å². The standard InChI is InChI=1S/C17H11NO5/c19-15(10-6-2-1-3-7-10)13(16(20)21)14-17(22)23-12-9-5-4-8-11(12)18-14/h1-9,13H,(H,20,21). The summed E-state index contributed by atoms with van der Waals surface area (Å²) >= 11 is 0. The van der Waals surface area contributed by atoms with Crippen LogP contribution < -0.4 is 5.63 Å². The van der Waals surface area contributed by atoms with E-state index in [0.29, 0.717) is 5.52 Å². The van der Waals surface area contributed by atoms with E-state index in [2.05, 4.69) is 4.98 Å². The summed E-state index contributed by atoms with van der Waals surface area (Å²) in [7, 11) is 0. The summed E-state index contributed by atoms with van der Waals surface area (Å²) in [5.41, 5.74) is -0.619. The average Bonchev–Trinajstić information content (AvgIpc) is 2.56. The van der Waals surface area contributed by atoms with Gasteiger partial charge >= 0.3 is 11.6 Å². The van der Waals surface area contributed by atoms with Gasteiger partial charge in [0.05, 0.1) is 0 Å². The number of Topliss-reactive ketones (excluding diaryl/α,β-unsaturated/α-hetero) is 1. The summed E-state index contributed by atoms with van der Waals surface area (Å²) < 4.78 is 5.08. The number of carbonyl (C=O) groups excluding carboxylic acids is 1. The van der Waals surface area contributed by atoms with Crippen LogP contribution >= 0.6 is 0 Å². The number of rotatable bonds is 4. The Labute approximate surface area is 130 Å². The Morgan fingerprint density at radius 2 is 1.65 bits per heavy atom. The lowest BCUT2D eigenvalue weighted by atomic mass is 9.95. The lowest BCUT2D eigenvalue weighted by Gasteiger charge is -2.10. The molecule has 6 nitrogen and oxygen atoms in total. The Hall–Kier alpha value is -3.28. The molecule has 6 heteroatoms. The monoisotopic (exact) mass is 309 g/mol. The number of ketones is 1. The van der Waals surface area contributed by atoms with Gasteiger partial charge in [0.15, 0.2) is 17.3 Å². The number of hydrogen-bond acceptors (Lipinski definition) is 5. The van der Waals surface area contributed by atoms with Gasteiger partial charge in [0.25, 0.3) is 0 Å². The van der Waals surface area contributed by atoms with Crippen LogP contribution in [-0.2, 0) is 4.79 Å². The van der Waals surface area contributed by atoms with Gasteiger partial charge < -0.3 is 9.52 Å². The van der Waals surface area contributed by atoms with Crippen LogP contribution in [0.25, 0.3) is 11.1 Å². The summed E-state index contributed by atoms with van der Waals surface area (Å²) in [5, 5.41) is 9.41. The molecule has 0 bridgehead atoms. The SMILES string of the molecule is O=C(O)C(C(=O)c1ccccc1)c1nc2ccccc2oc1=O. The zero-order chi connectivity index (χ0) is 16.4. The Morgan fingerprint density at radius 1 is 1.00 bits per heavy atom. The van der Waals surface area contributed by atoms with Gasteiger partial charge in [-0.3, -0.25) is 9.59 Å². The third-order valence-corrected chi connectivity index (χ3v) is 3.36. The number of aliphatic carboxylic acids is 1. The Kier molecular flexibility index (Phi) is 3.72. The second-order valence-corrected chi connectivity index (χ2v) is 4.86. The quantitative estimate of drug-likeness (QED) is 0.586. The van der Waals surface area contributed by atoms with E-state index in [1.54, 1.807) is 42.5 Å². The predicted octanol–water partition coefficient (Wildman–Crippen LogP) is 2.24. The van der Waals surface area contributed by atoms with Crippen LogP contribution in [0.15, 0.2) is 63.8 Å². The van der Waals surface area contributed by atoms with E-state index in [4.69, 9.17) is 4.42 Å². The fraction of sp³-hybridized carbons (Fsp3) is 0.0588. The second kappa shape index (κ2) is 5.84. The lowest BCUT2D eigenvalue weighted by Crippen LogP contribution is -2.28. The lowest BCUT2D eigenvalue weighted by molar-refractivity contribution is -0.137. The topological polar surface area (TPSA) is 97.5 Å². The highest BCUT2D eigenvalue weighted by Gasteiger charge is 2.33. The maximum atomic E-state index is 12.5. The number of aromatic nitrogens is 1. The second-order valence-electron chi connectivity index (χ2n) is 4.86. The molecule has 1 heterocycles. The molecule has 1 unspecified atom stereocenters. The van der Waals surface area contributed by atoms with Gasteiger partial charge in [-0.2, -0.15) is 0 Å². The van der Waals surface area contributed by atoms with Gasteiger partial charge in [-0.05, 0) is 12.1 Å². The predicted molar refractivity (Wildman–Crippen MR) is 81.4 cm³/mol. The average molecular weight is 309 g/mol. The third kappa shape index (κ3) is 2.74. The molecule has 114 valence electrons. The number of nitrogens with zero attached hydrogens (tertiary/aromatic N) is 1. The Morgan fingerprint density at radius 3 is 2.35 bits per heavy atom. The summed E-state index contributed by atoms with van der Waals surface area (Å²) in [6.45, 7) is 0. The summed E-state index contributed by atoms with van der Waals surface area (Å²) in [5.74, 6) is -3.87. The molecule has 0 aliphatic carbocycles. The molecule has 23 heavy (non-hydrogen) atoms. The van der Waals surface area contributed by atoms with Crippen molar-refractivity contribution in [1.82, 2.24) is 4.98 Å². The molecule has 1 N–H and O–H groups in total. The summed E-state index contributed by atoms with van der Waals surface area (Å²) in [6, 6.07) is 14.4. The van der Waals surface area contributed by atoms with Crippen LogP contribution in [0.3, 0.4) is 0 Å². The van der Waals surface area contributed by atoms with E-state index in [-0.39, 0.29) is 11.1 Å². The fourth-order valence-corrected chi connectivity index (χ4v) is 2.27. The Bertz CT molecular complexity index is 946. The first-order chi connectivity index (χ1) is 11.1. The molecule has 3 rings (SSSR count). The van der Waals surface area contributed by atoms with Gasteiger partial charge in [-0.25, -0.2) is 9.78 Å². The van der Waals surface area contributed by atoms with Crippen LogP contribution in [0.1, 0.15) is 22.0 Å². The number of carboxylic acid groups (broad SMARTS) is 1. The van der Waals surface area contributed by atoms with Crippen molar-refractivity contribution in [2.45, 2.75) is 5.92 Å². The largest absolute Gasteiger partial charge is 0.480 e. The highest BCUT2D eigenvalue weighted by atomic mass is 16.4. The van der Waals surface area contributed by atoms with E-state index in [1.165, 1.54) is 12.1 Å². The van der Waals surface area contributed by atoms with E-state index >= 15 is 0 Å². The van der Waals surface area contributed by atoms with Crippen LogP contribution in [0.5, 0.6) is 0 Å². The molecule has 0 aliphatic heterocycles. The van der Waals surface area contributed by atoms with Gasteiger partial charge in [0.1, 0.15) is 11.2 Å². The van der Waals surface area contributed by atoms with Crippen molar-refractivity contribution in [2.24, 2.45) is 0 Å². The maximum Gasteiger partial charge on any atom is 0.359 e. The first kappa shape index (κ1) is 14.6. The molecular formula is C17H11NO5. The maximum absolute atomic E-state index is 12.5. The van der Waals surface area contributed by atoms with Crippen molar-refractivity contribution in [3.8, 4) is 0 Å². The molecule has 0 fully saturated rings. The van der Waals surface area contributed by atoms with Crippen LogP contribution in [0.2, 0.25) is 0 Å². The zero-order valence-corrected chi connectivity index (χ0v) is 11.8. The smallest absolute Gasteiger partial charge is 0.359 e. The number of fused-ring (bicyclic) bond motifs is 1. The highest BCUT2D eigenvalue weighted by Crippen LogP contribution is 2.20. The number of benzene rings is 2. The first-order valence-electron chi connectivity index (χ1n) is 6.80. The molecule has 0 spiro atoms. The van der Waals surface area contributed by atoms with Crippen molar-refractivity contribution in [3.63, 3.8) is 0 Å². The minimum Gasteiger partial charge on any atom is -0.480 e. The normalized spacial score (nSPS) is 12.0. The minimum absolute atomic E-state index is 0.189. The number of carbonyl (C=O) groups is 2. The molecule has 0 saturated heterocycles. The fourth-order valence-electron chi connectivity index (χ4n) is 2.27. The minimum atomic E-state index is -1.71. The van der Waals surface area contributed by atoms with Crippen molar-refractivity contribution >= 4 is 22.9 Å². The molecule has 0 aliphatic rings. The van der Waals surface area contributed by atoms with Gasteiger partial charge in [-0.1, -0.05) is 42.5 Å². The van der Waals surface area contributed by atoms with E-state index in [9.17, 15) is 19.5 Å². The number of carboxylic acids is 1. The number of para-hydroxylation sites is 2. The summed E-state index contributed by atoms with van der Waals surface area (Å²) in [4.78, 5) is 40.1. The molecule has 1 atom stereocenters. The first-order valence-corrected chi connectivity index (χ1v) is 6.80. The van der Waals surface area contributed by atoms with Crippen molar-refractivity contribution in [1.29, 1.82) is 0 Å². The molecule has 0 amide bonds. The zero-order valence-electron chi connectivity index (χ0n) is 11.8. The van der Waals surface area contributed by atoms with Crippen LogP contribution in [0, 0.1) is 0 Å². The molecule has 1 aromatic heterocycles. The van der Waals surface area contributed by atoms with Gasteiger partial charge in [0, 0.05) is 5.56 Å². The Balaban J connectivity index is 2.16. The number of hydrogen-bond donors (Lipinski definition) is 1. The van der Waals surface area contributed by atoms with Crippen molar-refractivity contribution < 1.29 is 19.1 Å². The van der Waals surface area contributed by atoms with Crippen LogP contribution in [-0.4, -0.2) is 21.8 Å². The van der Waals surface area contributed by atoms with E-state index in [0.717, 1.165) is 0 Å². The third-order valence-electron chi connectivity index (χ3n) is 3.36. The van der Waals surface area contributed by atoms with E-state index < -0.39 is 29.0 Å². The van der Waals surface area contributed by atoms with Crippen molar-refractivity contribution in [2.75, 3.05) is 0 Å². The van der Waals surface area contributed by atoms with E-state index in [1.807, 2.05) is 0 Å². The highest BCUT2D eigenvalue weighted by molar-refractivity contribution is 6.12. The van der Waals surface area contributed by atoms with Gasteiger partial charge in [-0.15, -0.1) is 0 Å². The van der Waals surface area contributed by atoms with Gasteiger partial charge in [0.2, 0.25) is 0 Å². The summed E-state index contributed by atoms with van der Waals surface area (Å²) in [6.07, 6.45) is 0. The molecule has 2 aromatic carbocycles. The van der Waals surface area contributed by atoms with Crippen molar-refractivity contribution in [3.05, 3.63) is 76.3 Å². The molecule has 0 radical (unpaired) electrons. The molecule has 3 aromatic rings. The molecular weight excluding hydrogens is 298 g/mol.